The van der Waals surface area contributed by atoms with E-state index in [1.807, 2.05) is 0 Å². The second kappa shape index (κ2) is 3.39. The van der Waals surface area contributed by atoms with Gasteiger partial charge in [0.15, 0.2) is 12.4 Å². The van der Waals surface area contributed by atoms with Crippen LogP contribution in [0.3, 0.4) is 0 Å². The summed E-state index contributed by atoms with van der Waals surface area (Å²) in [6, 6.07) is 3.16. The van der Waals surface area contributed by atoms with Crippen molar-refractivity contribution in [3.8, 4) is 11.8 Å². The van der Waals surface area contributed by atoms with E-state index in [4.69, 9.17) is 5.73 Å². The molecule has 0 bridgehead atoms. The number of nitrogens with two attached hydrogens (primary N) is 1. The van der Waals surface area contributed by atoms with Crippen LogP contribution < -0.4 is 10.5 Å². The van der Waals surface area contributed by atoms with E-state index in [0.29, 0.717) is 10.3 Å². The van der Waals surface area contributed by atoms with E-state index in [9.17, 15) is 10.0 Å². The topological polar surface area (TPSA) is 70.0 Å². The average Bonchev–Trinajstić information content (AvgIpc) is 2.01. The van der Waals surface area contributed by atoms with Gasteiger partial charge in [-0.1, -0.05) is 5.92 Å². The normalized spacial score (nSPS) is 8.33. The first-order valence-electron chi connectivity index (χ1n) is 3.19. The van der Waals surface area contributed by atoms with E-state index < -0.39 is 5.91 Å². The molecule has 4 nitrogen and oxygen atoms in total. The minimum absolute atomic E-state index is 0.464. The second-order valence-electron chi connectivity index (χ2n) is 2.07. The molecule has 0 atom stereocenters. The molecule has 0 fully saturated rings. The van der Waals surface area contributed by atoms with Crippen molar-refractivity contribution in [1.29, 1.82) is 0 Å². The van der Waals surface area contributed by atoms with E-state index in [2.05, 4.69) is 11.8 Å². The third kappa shape index (κ3) is 2.31. The van der Waals surface area contributed by atoms with Gasteiger partial charge in [-0.25, -0.2) is 0 Å². The highest BCUT2D eigenvalue weighted by atomic mass is 16.5. The molecule has 12 heavy (non-hydrogen) atoms. The molecule has 4 heteroatoms. The van der Waals surface area contributed by atoms with Gasteiger partial charge in [0, 0.05) is 12.0 Å². The number of carbonyl (C=O) groups excluding carboxylic acids is 1. The Labute approximate surface area is 69.2 Å². The maximum absolute atomic E-state index is 10.7. The average molecular weight is 162 g/mol. The van der Waals surface area contributed by atoms with Gasteiger partial charge in [-0.15, -0.1) is 0 Å². The zero-order valence-electron chi connectivity index (χ0n) is 6.15. The summed E-state index contributed by atoms with van der Waals surface area (Å²) in [6.45, 7) is 0. The summed E-state index contributed by atoms with van der Waals surface area (Å²) in [4.78, 5) is 10.2. The Bertz CT molecular complexity index is 363. The van der Waals surface area contributed by atoms with Gasteiger partial charge in [0.25, 0.3) is 5.91 Å². The Morgan fingerprint density at radius 2 is 2.42 bits per heavy atom. The Balaban J connectivity index is 2.92. The monoisotopic (exact) mass is 162 g/mol. The molecule has 1 rings (SSSR count). The number of aromatic nitrogens is 1. The number of primary amides is 1. The highest BCUT2D eigenvalue weighted by molar-refractivity contribution is 5.92. The molecule has 0 aliphatic rings. The Morgan fingerprint density at radius 1 is 1.67 bits per heavy atom. The molecule has 0 aliphatic heterocycles. The van der Waals surface area contributed by atoms with Crippen LogP contribution in [-0.2, 0) is 4.79 Å². The van der Waals surface area contributed by atoms with Crippen LogP contribution >= 0.6 is 0 Å². The van der Waals surface area contributed by atoms with Crippen LogP contribution in [0.1, 0.15) is 5.56 Å². The molecular formula is C8H6N2O2. The fourth-order valence-corrected chi connectivity index (χ4v) is 0.662. The van der Waals surface area contributed by atoms with E-state index in [1.54, 1.807) is 6.07 Å². The summed E-state index contributed by atoms with van der Waals surface area (Å²) in [5.41, 5.74) is 5.25. The molecule has 0 saturated heterocycles. The van der Waals surface area contributed by atoms with E-state index in [0.717, 1.165) is 0 Å². The maximum atomic E-state index is 10.7. The number of hydrogen-bond acceptors (Lipinski definition) is 2. The van der Waals surface area contributed by atoms with Crippen LogP contribution in [-0.4, -0.2) is 5.91 Å². The lowest BCUT2D eigenvalue weighted by Gasteiger charge is -1.92. The van der Waals surface area contributed by atoms with Crippen molar-refractivity contribution < 1.29 is 9.52 Å². The van der Waals surface area contributed by atoms with Crippen molar-refractivity contribution in [2.24, 2.45) is 5.73 Å². The smallest absolute Gasteiger partial charge is 0.293 e. The van der Waals surface area contributed by atoms with Crippen molar-refractivity contribution in [2.45, 2.75) is 0 Å². The van der Waals surface area contributed by atoms with Crippen LogP contribution in [0.5, 0.6) is 0 Å². The van der Waals surface area contributed by atoms with Crippen LogP contribution in [0.15, 0.2) is 24.5 Å². The van der Waals surface area contributed by atoms with Gasteiger partial charge in [0.1, 0.15) is 0 Å². The Kier molecular flexibility index (Phi) is 2.29. The predicted molar refractivity (Wildman–Crippen MR) is 41.5 cm³/mol. The van der Waals surface area contributed by atoms with E-state index in [1.165, 1.54) is 18.5 Å². The van der Waals surface area contributed by atoms with Crippen molar-refractivity contribution in [3.05, 3.63) is 35.3 Å². The second-order valence-corrected chi connectivity index (χ2v) is 2.07. The zero-order chi connectivity index (χ0) is 8.97. The molecule has 1 amide bonds. The van der Waals surface area contributed by atoms with Gasteiger partial charge in [-0.2, -0.15) is 4.73 Å². The fraction of sp³-hybridized carbons (Fsp3) is 0. The van der Waals surface area contributed by atoms with Crippen LogP contribution in [0.25, 0.3) is 0 Å². The Hall–Kier alpha value is -2.02. The first kappa shape index (κ1) is 8.08. The summed E-state index contributed by atoms with van der Waals surface area (Å²) < 4.78 is 0.602. The lowest BCUT2D eigenvalue weighted by Crippen LogP contribution is -2.24. The third-order valence-corrected chi connectivity index (χ3v) is 1.11. The van der Waals surface area contributed by atoms with Gasteiger partial charge >= 0.3 is 0 Å². The number of rotatable bonds is 0. The van der Waals surface area contributed by atoms with Gasteiger partial charge in [0.05, 0.1) is 5.56 Å². The number of hydrogen-bond donors (Lipinski definition) is 1. The van der Waals surface area contributed by atoms with Gasteiger partial charge in [-0.05, 0) is 6.07 Å². The van der Waals surface area contributed by atoms with Crippen molar-refractivity contribution >= 4 is 5.91 Å². The zero-order valence-corrected chi connectivity index (χ0v) is 6.15. The van der Waals surface area contributed by atoms with Crippen molar-refractivity contribution in [1.82, 2.24) is 0 Å². The van der Waals surface area contributed by atoms with Crippen LogP contribution in [0, 0.1) is 17.0 Å². The maximum Gasteiger partial charge on any atom is 0.293 e. The lowest BCUT2D eigenvalue weighted by atomic mass is 10.3. The largest absolute Gasteiger partial charge is 0.619 e. The van der Waals surface area contributed by atoms with Gasteiger partial charge in [-0.3, -0.25) is 4.79 Å². The first-order valence-corrected chi connectivity index (χ1v) is 3.19. The van der Waals surface area contributed by atoms with Gasteiger partial charge in [0.2, 0.25) is 0 Å². The minimum atomic E-state index is -0.712. The molecule has 0 saturated carbocycles. The van der Waals surface area contributed by atoms with Crippen molar-refractivity contribution in [3.63, 3.8) is 0 Å². The SMILES string of the molecule is NC(=O)C#Cc1ccc[n+]([O-])c1. The summed E-state index contributed by atoms with van der Waals surface area (Å²) in [7, 11) is 0. The number of amides is 1. The van der Waals surface area contributed by atoms with E-state index in [-0.39, 0.29) is 0 Å². The highest BCUT2D eigenvalue weighted by Crippen LogP contribution is 1.89. The molecule has 0 aromatic carbocycles. The van der Waals surface area contributed by atoms with Crippen LogP contribution in [0.4, 0.5) is 0 Å². The minimum Gasteiger partial charge on any atom is -0.619 e. The summed E-state index contributed by atoms with van der Waals surface area (Å²) in [5.74, 6) is 3.85. The molecule has 60 valence electrons. The standard InChI is InChI=1S/C8H6N2O2/c9-8(11)4-3-7-2-1-5-10(12)6-7/h1-2,5-6H,(H2,9,11). The molecular weight excluding hydrogens is 156 g/mol. The fourth-order valence-electron chi connectivity index (χ4n) is 0.662. The molecule has 1 heterocycles. The number of pyridine rings is 1. The molecule has 0 spiro atoms. The summed E-state index contributed by atoms with van der Waals surface area (Å²) in [5, 5.41) is 10.7. The molecule has 0 aliphatic carbocycles. The quantitative estimate of drug-likeness (QED) is 0.307. The summed E-state index contributed by atoms with van der Waals surface area (Å²) >= 11 is 0. The molecule has 0 radical (unpaired) electrons. The molecule has 0 unspecified atom stereocenters. The summed E-state index contributed by atoms with van der Waals surface area (Å²) in [6.07, 6.45) is 2.59. The Morgan fingerprint density at radius 3 is 3.00 bits per heavy atom. The van der Waals surface area contributed by atoms with E-state index >= 15 is 0 Å². The number of carbonyl (C=O) groups is 1. The molecule has 1 aromatic rings. The predicted octanol–water partition coefficient (Wildman–Crippen LogP) is -0.843. The van der Waals surface area contributed by atoms with Crippen molar-refractivity contribution in [2.75, 3.05) is 0 Å². The molecule has 1 aromatic heterocycles. The first-order chi connectivity index (χ1) is 5.68. The van der Waals surface area contributed by atoms with Crippen LogP contribution in [0.2, 0.25) is 0 Å². The van der Waals surface area contributed by atoms with Gasteiger partial charge < -0.3 is 10.9 Å². The molecule has 2 N–H and O–H groups in total. The third-order valence-electron chi connectivity index (χ3n) is 1.11. The lowest BCUT2D eigenvalue weighted by molar-refractivity contribution is -0.605. The highest BCUT2D eigenvalue weighted by Gasteiger charge is 1.91. The number of nitrogens with zero attached hydrogens (tertiary/aromatic N) is 1.